The number of nitrogens with two attached hydrogens (primary N) is 1. The quantitative estimate of drug-likeness (QED) is 0.559. The first-order valence-corrected chi connectivity index (χ1v) is 5.50. The molecule has 0 bridgehead atoms. The van der Waals surface area contributed by atoms with Crippen molar-refractivity contribution in [3.63, 3.8) is 0 Å². The third-order valence-corrected chi connectivity index (χ3v) is 2.93. The molecule has 0 atom stereocenters. The van der Waals surface area contributed by atoms with Crippen LogP contribution in [0.1, 0.15) is 5.56 Å². The summed E-state index contributed by atoms with van der Waals surface area (Å²) < 4.78 is 2.08. The summed E-state index contributed by atoms with van der Waals surface area (Å²) >= 11 is 1.58. The van der Waals surface area contributed by atoms with Gasteiger partial charge in [-0.2, -0.15) is 0 Å². The summed E-state index contributed by atoms with van der Waals surface area (Å²) in [5, 5.41) is 2.89. The molecule has 4 heteroatoms. The average molecular weight is 332 g/mol. The number of aryl methyl sites for hydroxylation is 2. The normalized spacial score (nSPS) is 9.60. The number of aromatic nitrogens is 1. The highest BCUT2D eigenvalue weighted by atomic mass is 127. The van der Waals surface area contributed by atoms with Crippen molar-refractivity contribution in [2.45, 2.75) is 13.0 Å². The van der Waals surface area contributed by atoms with Crippen LogP contribution in [-0.2, 0) is 13.0 Å². The van der Waals surface area contributed by atoms with Crippen molar-refractivity contribution in [2.75, 3.05) is 5.73 Å². The third-order valence-electron chi connectivity index (χ3n) is 2.20. The highest BCUT2D eigenvalue weighted by molar-refractivity contribution is 7.12. The molecule has 2 aromatic rings. The van der Waals surface area contributed by atoms with Gasteiger partial charge in [-0.25, -0.2) is 4.57 Å². The van der Waals surface area contributed by atoms with E-state index in [4.69, 9.17) is 5.73 Å². The summed E-state index contributed by atoms with van der Waals surface area (Å²) in [6.07, 6.45) is 3.06. The molecule has 2 rings (SSSR count). The van der Waals surface area contributed by atoms with Gasteiger partial charge in [0.25, 0.3) is 0 Å². The zero-order valence-corrected chi connectivity index (χ0v) is 11.2. The molecule has 0 aliphatic heterocycles. The Bertz CT molecular complexity index is 400. The van der Waals surface area contributed by atoms with E-state index in [-0.39, 0.29) is 24.0 Å². The molecule has 0 aliphatic carbocycles. The third kappa shape index (κ3) is 3.46. The van der Waals surface area contributed by atoms with E-state index < -0.39 is 0 Å². The Balaban J connectivity index is 0.00000112. The maximum atomic E-state index is 5.79. The van der Waals surface area contributed by atoms with Crippen molar-refractivity contribution in [1.29, 1.82) is 0 Å². The smallest absolute Gasteiger partial charge is 0.331 e. The number of nitrogen functional groups attached to an aromatic ring is 1. The molecular weight excluding hydrogens is 319 g/mol. The highest BCUT2D eigenvalue weighted by Gasteiger charge is 2.04. The van der Waals surface area contributed by atoms with E-state index in [1.807, 2.05) is 17.6 Å². The average Bonchev–Trinajstić information content (AvgIpc) is 2.63. The van der Waals surface area contributed by atoms with Crippen LogP contribution < -0.4 is 34.3 Å². The minimum Gasteiger partial charge on any atom is -1.00 e. The molecule has 0 aliphatic rings. The summed E-state index contributed by atoms with van der Waals surface area (Å²) in [6, 6.07) is 10.5. The van der Waals surface area contributed by atoms with E-state index in [9.17, 15) is 0 Å². The molecule has 0 spiro atoms. The second-order valence-electron chi connectivity index (χ2n) is 3.17. The number of benzene rings is 1. The second-order valence-corrected chi connectivity index (χ2v) is 4.10. The first-order valence-electron chi connectivity index (χ1n) is 4.62. The van der Waals surface area contributed by atoms with Gasteiger partial charge in [0.15, 0.2) is 0 Å². The molecule has 1 aromatic carbocycles. The Morgan fingerprint density at radius 3 is 2.53 bits per heavy atom. The van der Waals surface area contributed by atoms with E-state index in [0.717, 1.165) is 18.1 Å². The number of thiazole rings is 1. The summed E-state index contributed by atoms with van der Waals surface area (Å²) in [4.78, 5) is 0. The van der Waals surface area contributed by atoms with Crippen molar-refractivity contribution >= 4 is 16.5 Å². The van der Waals surface area contributed by atoms with Crippen LogP contribution in [0.25, 0.3) is 0 Å². The number of hydrogen-bond acceptors (Lipinski definition) is 2. The highest BCUT2D eigenvalue weighted by Crippen LogP contribution is 2.04. The number of rotatable bonds is 3. The van der Waals surface area contributed by atoms with E-state index in [1.165, 1.54) is 5.56 Å². The molecule has 0 radical (unpaired) electrons. The van der Waals surface area contributed by atoms with Crippen molar-refractivity contribution in [2.24, 2.45) is 0 Å². The van der Waals surface area contributed by atoms with E-state index in [2.05, 4.69) is 28.8 Å². The fourth-order valence-electron chi connectivity index (χ4n) is 1.39. The Labute approximate surface area is 111 Å². The van der Waals surface area contributed by atoms with Crippen LogP contribution in [0, 0.1) is 0 Å². The van der Waals surface area contributed by atoms with Gasteiger partial charge in [0.2, 0.25) is 0 Å². The van der Waals surface area contributed by atoms with E-state index >= 15 is 0 Å². The molecule has 0 amide bonds. The molecular formula is C11H13IN2S. The maximum absolute atomic E-state index is 5.79. The summed E-state index contributed by atoms with van der Waals surface area (Å²) in [6.45, 7) is 0.958. The molecule has 2 nitrogen and oxygen atoms in total. The van der Waals surface area contributed by atoms with Gasteiger partial charge in [0.1, 0.15) is 6.20 Å². The molecule has 1 aromatic heterocycles. The predicted octanol–water partition coefficient (Wildman–Crippen LogP) is -1.14. The zero-order chi connectivity index (χ0) is 9.80. The fourth-order valence-corrected chi connectivity index (χ4v) is 2.03. The molecule has 0 fully saturated rings. The first kappa shape index (κ1) is 12.4. The summed E-state index contributed by atoms with van der Waals surface area (Å²) in [5.74, 6) is 0. The standard InChI is InChI=1S/C11H12N2S.HI/c12-11-13(8-9-14-11)7-6-10-4-2-1-3-5-10;/h1-5,8-9,12H,6-7H2;1H. The lowest BCUT2D eigenvalue weighted by molar-refractivity contribution is -0.678. The monoisotopic (exact) mass is 332 g/mol. The Kier molecular flexibility index (Phi) is 5.04. The van der Waals surface area contributed by atoms with Crippen molar-refractivity contribution < 1.29 is 28.5 Å². The summed E-state index contributed by atoms with van der Waals surface area (Å²) in [5.41, 5.74) is 7.14. The van der Waals surface area contributed by atoms with Crippen LogP contribution in [0.4, 0.5) is 5.13 Å². The van der Waals surface area contributed by atoms with Crippen molar-refractivity contribution in [3.8, 4) is 0 Å². The topological polar surface area (TPSA) is 29.9 Å². The zero-order valence-electron chi connectivity index (χ0n) is 8.27. The molecule has 0 saturated heterocycles. The number of halogens is 1. The minimum atomic E-state index is 0. The van der Waals surface area contributed by atoms with Crippen LogP contribution in [0.2, 0.25) is 0 Å². The van der Waals surface area contributed by atoms with Gasteiger partial charge in [-0.3, -0.25) is 5.73 Å². The second kappa shape index (κ2) is 6.07. The number of anilines is 1. The lowest BCUT2D eigenvalue weighted by Crippen LogP contribution is -3.00. The predicted molar refractivity (Wildman–Crippen MR) is 59.1 cm³/mol. The van der Waals surface area contributed by atoms with E-state index in [0.29, 0.717) is 0 Å². The van der Waals surface area contributed by atoms with Crippen LogP contribution >= 0.6 is 11.3 Å². The fraction of sp³-hybridized carbons (Fsp3) is 0.182. The van der Waals surface area contributed by atoms with Crippen molar-refractivity contribution in [3.05, 3.63) is 47.5 Å². The summed E-state index contributed by atoms with van der Waals surface area (Å²) in [7, 11) is 0. The minimum absolute atomic E-state index is 0. The first-order chi connectivity index (χ1) is 6.86. The van der Waals surface area contributed by atoms with Crippen LogP contribution in [-0.4, -0.2) is 0 Å². The van der Waals surface area contributed by atoms with Gasteiger partial charge in [-0.1, -0.05) is 41.7 Å². The van der Waals surface area contributed by atoms with Crippen molar-refractivity contribution in [1.82, 2.24) is 0 Å². The number of hydrogen-bond donors (Lipinski definition) is 1. The van der Waals surface area contributed by atoms with Crippen LogP contribution in [0.15, 0.2) is 41.9 Å². The van der Waals surface area contributed by atoms with Crippen LogP contribution in [0.3, 0.4) is 0 Å². The Morgan fingerprint density at radius 2 is 1.93 bits per heavy atom. The van der Waals surface area contributed by atoms with Gasteiger partial charge >= 0.3 is 5.13 Å². The van der Waals surface area contributed by atoms with Gasteiger partial charge in [-0.15, -0.1) is 0 Å². The molecule has 1 heterocycles. The Morgan fingerprint density at radius 1 is 1.20 bits per heavy atom. The lowest BCUT2D eigenvalue weighted by atomic mass is 10.1. The molecule has 0 unspecified atom stereocenters. The maximum Gasteiger partial charge on any atom is 0.331 e. The molecule has 15 heavy (non-hydrogen) atoms. The van der Waals surface area contributed by atoms with Crippen LogP contribution in [0.5, 0.6) is 0 Å². The van der Waals surface area contributed by atoms with Gasteiger partial charge in [0, 0.05) is 11.8 Å². The molecule has 0 saturated carbocycles. The lowest BCUT2D eigenvalue weighted by Gasteiger charge is -1.98. The number of nitrogens with zero attached hydrogens (tertiary/aromatic N) is 1. The SMILES string of the molecule is Nc1scc[n+]1CCc1ccccc1.[I-]. The molecule has 80 valence electrons. The Hall–Kier alpha value is -0.620. The van der Waals surface area contributed by atoms with E-state index in [1.54, 1.807) is 11.3 Å². The van der Waals surface area contributed by atoms with Gasteiger partial charge in [0.05, 0.1) is 6.54 Å². The molecule has 2 N–H and O–H groups in total. The van der Waals surface area contributed by atoms with Gasteiger partial charge < -0.3 is 24.0 Å². The van der Waals surface area contributed by atoms with Gasteiger partial charge in [-0.05, 0) is 5.56 Å². The largest absolute Gasteiger partial charge is 1.00 e.